The zero-order valence-corrected chi connectivity index (χ0v) is 10.4. The van der Waals surface area contributed by atoms with Gasteiger partial charge in [-0.2, -0.15) is 0 Å². The highest BCUT2D eigenvalue weighted by molar-refractivity contribution is 5.67. The molecule has 1 aromatic carbocycles. The van der Waals surface area contributed by atoms with Crippen molar-refractivity contribution in [1.29, 1.82) is 0 Å². The molecule has 0 saturated carbocycles. The highest BCUT2D eigenvalue weighted by Crippen LogP contribution is 2.24. The van der Waals surface area contributed by atoms with Crippen LogP contribution in [-0.2, 0) is 4.79 Å². The van der Waals surface area contributed by atoms with Gasteiger partial charge in [0.1, 0.15) is 0 Å². The molecule has 0 spiro atoms. The zero-order valence-electron chi connectivity index (χ0n) is 10.4. The number of carbonyl (C=O) groups is 1. The van der Waals surface area contributed by atoms with Gasteiger partial charge >= 0.3 is 5.97 Å². The second-order valence-electron chi connectivity index (χ2n) is 4.91. The molecule has 0 aromatic heterocycles. The van der Waals surface area contributed by atoms with E-state index in [1.54, 1.807) is 0 Å². The molecule has 1 saturated heterocycles. The number of hydrogen-bond acceptors (Lipinski definition) is 3. The lowest BCUT2D eigenvalue weighted by molar-refractivity contribution is -0.137. The molecule has 4 N–H and O–H groups in total. The summed E-state index contributed by atoms with van der Waals surface area (Å²) in [6.07, 6.45) is 2.41. The fourth-order valence-electron chi connectivity index (χ4n) is 2.46. The lowest BCUT2D eigenvalue weighted by atomic mass is 9.90. The Balaban J connectivity index is 2.02. The Hall–Kier alpha value is -1.39. The normalized spacial score (nSPS) is 21.5. The number of aliphatic carboxylic acids is 1. The Morgan fingerprint density at radius 1 is 1.44 bits per heavy atom. The number of nitrogens with two attached hydrogens (primary N) is 1. The van der Waals surface area contributed by atoms with Crippen LogP contribution in [-0.4, -0.2) is 24.2 Å². The van der Waals surface area contributed by atoms with Crippen molar-refractivity contribution in [2.24, 2.45) is 5.73 Å². The Kier molecular flexibility index (Phi) is 4.33. The van der Waals surface area contributed by atoms with E-state index in [9.17, 15) is 4.79 Å². The molecule has 4 nitrogen and oxygen atoms in total. The second kappa shape index (κ2) is 5.98. The van der Waals surface area contributed by atoms with Gasteiger partial charge in [-0.05, 0) is 36.4 Å². The molecule has 4 heteroatoms. The van der Waals surface area contributed by atoms with Crippen LogP contribution in [0, 0.1) is 0 Å². The third kappa shape index (κ3) is 3.31. The number of nitrogens with one attached hydrogen (secondary N) is 1. The predicted molar refractivity (Wildman–Crippen MR) is 70.5 cm³/mol. The molecule has 2 atom stereocenters. The molecule has 0 bridgehead atoms. The average Bonchev–Trinajstić information content (AvgIpc) is 2.39. The predicted octanol–water partition coefficient (Wildman–Crippen LogP) is 1.63. The van der Waals surface area contributed by atoms with Crippen molar-refractivity contribution in [3.05, 3.63) is 35.4 Å². The van der Waals surface area contributed by atoms with Crippen LogP contribution in [0.25, 0.3) is 0 Å². The van der Waals surface area contributed by atoms with E-state index >= 15 is 0 Å². The van der Waals surface area contributed by atoms with Gasteiger partial charge in [0.15, 0.2) is 0 Å². The van der Waals surface area contributed by atoms with E-state index in [2.05, 4.69) is 17.4 Å². The molecular weight excluding hydrogens is 228 g/mol. The van der Waals surface area contributed by atoms with E-state index in [-0.39, 0.29) is 6.42 Å². The maximum Gasteiger partial charge on any atom is 0.305 e. The van der Waals surface area contributed by atoms with Gasteiger partial charge < -0.3 is 16.2 Å². The first-order chi connectivity index (χ1) is 8.66. The second-order valence-corrected chi connectivity index (χ2v) is 4.91. The van der Waals surface area contributed by atoms with E-state index < -0.39 is 12.0 Å². The third-order valence-corrected chi connectivity index (χ3v) is 3.53. The van der Waals surface area contributed by atoms with Gasteiger partial charge in [0, 0.05) is 12.6 Å². The standard InChI is InChI=1S/C14H20N2O2/c15-13(8-14(17)18)11-5-3-10(4-6-11)12-2-1-7-16-9-12/h3-6,12-13,16H,1-2,7-9,15H2,(H,17,18). The summed E-state index contributed by atoms with van der Waals surface area (Å²) in [6, 6.07) is 7.65. The van der Waals surface area contributed by atoms with Crippen LogP contribution >= 0.6 is 0 Å². The number of carboxylic acid groups (broad SMARTS) is 1. The van der Waals surface area contributed by atoms with E-state index in [0.717, 1.165) is 18.7 Å². The van der Waals surface area contributed by atoms with Crippen molar-refractivity contribution < 1.29 is 9.90 Å². The van der Waals surface area contributed by atoms with Crippen molar-refractivity contribution >= 4 is 5.97 Å². The molecule has 1 aliphatic heterocycles. The molecule has 2 rings (SSSR count). The van der Waals surface area contributed by atoms with Gasteiger partial charge in [-0.25, -0.2) is 0 Å². The van der Waals surface area contributed by atoms with Crippen LogP contribution in [0.1, 0.15) is 42.3 Å². The molecule has 2 unspecified atom stereocenters. The van der Waals surface area contributed by atoms with Crippen molar-refractivity contribution in [3.63, 3.8) is 0 Å². The van der Waals surface area contributed by atoms with Crippen LogP contribution in [0.4, 0.5) is 0 Å². The Bertz CT molecular complexity index is 397. The van der Waals surface area contributed by atoms with E-state index in [1.807, 2.05) is 12.1 Å². The largest absolute Gasteiger partial charge is 0.481 e. The highest BCUT2D eigenvalue weighted by Gasteiger charge is 2.16. The lowest BCUT2D eigenvalue weighted by Crippen LogP contribution is -2.28. The zero-order chi connectivity index (χ0) is 13.0. The Labute approximate surface area is 107 Å². The first-order valence-electron chi connectivity index (χ1n) is 6.45. The first-order valence-corrected chi connectivity index (χ1v) is 6.45. The molecule has 0 amide bonds. The summed E-state index contributed by atoms with van der Waals surface area (Å²) in [4.78, 5) is 10.6. The summed E-state index contributed by atoms with van der Waals surface area (Å²) in [5.74, 6) is -0.286. The Morgan fingerprint density at radius 2 is 2.17 bits per heavy atom. The third-order valence-electron chi connectivity index (χ3n) is 3.53. The molecule has 1 aliphatic rings. The molecule has 18 heavy (non-hydrogen) atoms. The molecule has 1 heterocycles. The van der Waals surface area contributed by atoms with Gasteiger partial charge in [0.25, 0.3) is 0 Å². The summed E-state index contributed by atoms with van der Waals surface area (Å²) >= 11 is 0. The smallest absolute Gasteiger partial charge is 0.305 e. The van der Waals surface area contributed by atoms with Crippen molar-refractivity contribution in [2.45, 2.75) is 31.2 Å². The van der Waals surface area contributed by atoms with Crippen LogP contribution in [0.3, 0.4) is 0 Å². The minimum atomic E-state index is -0.858. The molecule has 1 aromatic rings. The number of rotatable bonds is 4. The molecule has 0 aliphatic carbocycles. The fraction of sp³-hybridized carbons (Fsp3) is 0.500. The van der Waals surface area contributed by atoms with Crippen molar-refractivity contribution in [1.82, 2.24) is 5.32 Å². The van der Waals surface area contributed by atoms with E-state index in [4.69, 9.17) is 10.8 Å². The number of hydrogen-bond donors (Lipinski definition) is 3. The summed E-state index contributed by atoms with van der Waals surface area (Å²) in [5.41, 5.74) is 8.04. The SMILES string of the molecule is NC(CC(=O)O)c1ccc(C2CCCNC2)cc1. The maximum absolute atomic E-state index is 10.6. The molecule has 1 fully saturated rings. The van der Waals surface area contributed by atoms with Gasteiger partial charge in [-0.3, -0.25) is 4.79 Å². The molecule has 0 radical (unpaired) electrons. The summed E-state index contributed by atoms with van der Waals surface area (Å²) in [5, 5.41) is 12.1. The van der Waals surface area contributed by atoms with E-state index in [1.165, 1.54) is 18.4 Å². The fourth-order valence-corrected chi connectivity index (χ4v) is 2.46. The van der Waals surface area contributed by atoms with Crippen LogP contribution in [0.5, 0.6) is 0 Å². The molecular formula is C14H20N2O2. The number of benzene rings is 1. The monoisotopic (exact) mass is 248 g/mol. The quantitative estimate of drug-likeness (QED) is 0.757. The Morgan fingerprint density at radius 3 is 2.72 bits per heavy atom. The van der Waals surface area contributed by atoms with Gasteiger partial charge in [-0.1, -0.05) is 24.3 Å². The van der Waals surface area contributed by atoms with Crippen LogP contribution in [0.15, 0.2) is 24.3 Å². The minimum absolute atomic E-state index is 0.0235. The number of piperidine rings is 1. The van der Waals surface area contributed by atoms with Crippen LogP contribution in [0.2, 0.25) is 0 Å². The van der Waals surface area contributed by atoms with Gasteiger partial charge in [-0.15, -0.1) is 0 Å². The van der Waals surface area contributed by atoms with E-state index in [0.29, 0.717) is 5.92 Å². The van der Waals surface area contributed by atoms with Crippen LogP contribution < -0.4 is 11.1 Å². The molecule has 98 valence electrons. The van der Waals surface area contributed by atoms with Crippen molar-refractivity contribution in [3.8, 4) is 0 Å². The maximum atomic E-state index is 10.6. The van der Waals surface area contributed by atoms with Gasteiger partial charge in [0.05, 0.1) is 6.42 Å². The summed E-state index contributed by atoms with van der Waals surface area (Å²) in [7, 11) is 0. The first kappa shape index (κ1) is 13.1. The van der Waals surface area contributed by atoms with Crippen molar-refractivity contribution in [2.75, 3.05) is 13.1 Å². The number of carboxylic acids is 1. The topological polar surface area (TPSA) is 75.4 Å². The lowest BCUT2D eigenvalue weighted by Gasteiger charge is -2.23. The summed E-state index contributed by atoms with van der Waals surface area (Å²) < 4.78 is 0. The van der Waals surface area contributed by atoms with Gasteiger partial charge in [0.2, 0.25) is 0 Å². The highest BCUT2D eigenvalue weighted by atomic mass is 16.4. The average molecular weight is 248 g/mol. The summed E-state index contributed by atoms with van der Waals surface area (Å²) in [6.45, 7) is 2.14. The minimum Gasteiger partial charge on any atom is -0.481 e.